The van der Waals surface area contributed by atoms with E-state index in [9.17, 15) is 9.59 Å². The standard InChI is InChI=1S/C20H20N2O6S/c1-25-14-8-12(9-15(26-2)19(14)27-3)20(24)21-10-18(23)28-11-17-22-13-6-4-5-7-16(13)29-17/h4-9H,10-11H2,1-3H3,(H,21,24). The number of carbonyl (C=O) groups excluding carboxylic acids is 2. The summed E-state index contributed by atoms with van der Waals surface area (Å²) in [6.45, 7) is -0.224. The molecule has 0 unspecified atom stereocenters. The summed E-state index contributed by atoms with van der Waals surface area (Å²) in [7, 11) is 4.39. The molecule has 2 aromatic carbocycles. The highest BCUT2D eigenvalue weighted by Crippen LogP contribution is 2.38. The largest absolute Gasteiger partial charge is 0.493 e. The van der Waals surface area contributed by atoms with Gasteiger partial charge < -0.3 is 24.3 Å². The van der Waals surface area contributed by atoms with Crippen LogP contribution in [0.25, 0.3) is 10.2 Å². The Balaban J connectivity index is 1.57. The minimum Gasteiger partial charge on any atom is -0.493 e. The van der Waals surface area contributed by atoms with Gasteiger partial charge in [-0.05, 0) is 24.3 Å². The maximum Gasteiger partial charge on any atom is 0.325 e. The first-order valence-corrected chi connectivity index (χ1v) is 9.45. The normalized spacial score (nSPS) is 10.4. The highest BCUT2D eigenvalue weighted by molar-refractivity contribution is 7.18. The molecular formula is C20H20N2O6S. The van der Waals surface area contributed by atoms with Crippen molar-refractivity contribution in [1.82, 2.24) is 10.3 Å². The number of thiazole rings is 1. The van der Waals surface area contributed by atoms with E-state index in [1.165, 1.54) is 44.8 Å². The second-order valence-electron chi connectivity index (χ2n) is 5.83. The van der Waals surface area contributed by atoms with Gasteiger partial charge in [0.05, 0.1) is 31.5 Å². The number of nitrogens with one attached hydrogen (secondary N) is 1. The molecule has 1 amide bonds. The predicted octanol–water partition coefficient (Wildman–Crippen LogP) is 2.80. The average Bonchev–Trinajstić information content (AvgIpc) is 3.17. The lowest BCUT2D eigenvalue weighted by molar-refractivity contribution is -0.143. The second kappa shape index (κ2) is 9.24. The molecular weight excluding hydrogens is 396 g/mol. The van der Waals surface area contributed by atoms with Crippen LogP contribution in [0, 0.1) is 0 Å². The molecule has 0 saturated carbocycles. The quantitative estimate of drug-likeness (QED) is 0.564. The molecule has 3 rings (SSSR count). The van der Waals surface area contributed by atoms with Gasteiger partial charge in [0.15, 0.2) is 11.5 Å². The van der Waals surface area contributed by atoms with Crippen molar-refractivity contribution in [3.63, 3.8) is 0 Å². The van der Waals surface area contributed by atoms with Crippen molar-refractivity contribution in [2.24, 2.45) is 0 Å². The topological polar surface area (TPSA) is 96.0 Å². The zero-order valence-electron chi connectivity index (χ0n) is 16.2. The number of amides is 1. The molecule has 29 heavy (non-hydrogen) atoms. The second-order valence-corrected chi connectivity index (χ2v) is 6.95. The van der Waals surface area contributed by atoms with Crippen LogP contribution in [-0.4, -0.2) is 44.7 Å². The molecule has 1 aromatic heterocycles. The van der Waals surface area contributed by atoms with Crippen LogP contribution in [0.2, 0.25) is 0 Å². The first-order chi connectivity index (χ1) is 14.0. The number of nitrogens with zero attached hydrogens (tertiary/aromatic N) is 1. The van der Waals surface area contributed by atoms with Gasteiger partial charge in [-0.15, -0.1) is 11.3 Å². The summed E-state index contributed by atoms with van der Waals surface area (Å²) in [4.78, 5) is 28.8. The van der Waals surface area contributed by atoms with Crippen molar-refractivity contribution >= 4 is 33.4 Å². The van der Waals surface area contributed by atoms with Gasteiger partial charge in [0, 0.05) is 5.56 Å². The van der Waals surface area contributed by atoms with Crippen LogP contribution >= 0.6 is 11.3 Å². The molecule has 8 nitrogen and oxygen atoms in total. The average molecular weight is 416 g/mol. The van der Waals surface area contributed by atoms with E-state index < -0.39 is 11.9 Å². The number of rotatable bonds is 8. The van der Waals surface area contributed by atoms with E-state index in [2.05, 4.69) is 10.3 Å². The minimum absolute atomic E-state index is 0.0538. The fourth-order valence-corrected chi connectivity index (χ4v) is 3.52. The third-order valence-corrected chi connectivity index (χ3v) is 5.02. The third-order valence-electron chi connectivity index (χ3n) is 4.02. The number of carbonyl (C=O) groups is 2. The van der Waals surface area contributed by atoms with Crippen molar-refractivity contribution in [2.45, 2.75) is 6.61 Å². The third kappa shape index (κ3) is 4.75. The molecule has 0 fully saturated rings. The maximum atomic E-state index is 12.4. The maximum absolute atomic E-state index is 12.4. The van der Waals surface area contributed by atoms with Crippen LogP contribution in [0.15, 0.2) is 36.4 Å². The molecule has 0 aliphatic carbocycles. The molecule has 0 bridgehead atoms. The smallest absolute Gasteiger partial charge is 0.325 e. The monoisotopic (exact) mass is 416 g/mol. The molecule has 0 saturated heterocycles. The summed E-state index contributed by atoms with van der Waals surface area (Å²) in [5, 5.41) is 3.21. The zero-order valence-corrected chi connectivity index (χ0v) is 17.0. The molecule has 1 heterocycles. The Kier molecular flexibility index (Phi) is 6.50. The fraction of sp³-hybridized carbons (Fsp3) is 0.250. The summed E-state index contributed by atoms with van der Waals surface area (Å²) in [6, 6.07) is 10.7. The van der Waals surface area contributed by atoms with E-state index in [0.717, 1.165) is 10.2 Å². The van der Waals surface area contributed by atoms with Gasteiger partial charge in [-0.25, -0.2) is 4.98 Å². The number of aromatic nitrogens is 1. The van der Waals surface area contributed by atoms with Crippen LogP contribution in [0.5, 0.6) is 17.2 Å². The highest BCUT2D eigenvalue weighted by Gasteiger charge is 2.18. The molecule has 0 spiro atoms. The summed E-state index contributed by atoms with van der Waals surface area (Å²) in [5.41, 5.74) is 1.12. The number of hydrogen-bond donors (Lipinski definition) is 1. The molecule has 0 atom stereocenters. The van der Waals surface area contributed by atoms with Gasteiger partial charge >= 0.3 is 5.97 Å². The van der Waals surface area contributed by atoms with Crippen molar-refractivity contribution in [2.75, 3.05) is 27.9 Å². The van der Waals surface area contributed by atoms with Gasteiger partial charge in [-0.1, -0.05) is 12.1 Å². The summed E-state index contributed by atoms with van der Waals surface area (Å²) < 4.78 is 21.9. The van der Waals surface area contributed by atoms with Crippen molar-refractivity contribution in [3.8, 4) is 17.2 Å². The predicted molar refractivity (Wildman–Crippen MR) is 108 cm³/mol. The summed E-state index contributed by atoms with van der Waals surface area (Å²) >= 11 is 1.46. The molecule has 0 aliphatic heterocycles. The van der Waals surface area contributed by atoms with E-state index in [4.69, 9.17) is 18.9 Å². The number of fused-ring (bicyclic) bond motifs is 1. The van der Waals surface area contributed by atoms with Crippen LogP contribution in [0.3, 0.4) is 0 Å². The van der Waals surface area contributed by atoms with Gasteiger partial charge in [-0.2, -0.15) is 0 Å². The number of ether oxygens (including phenoxy) is 4. The molecule has 152 valence electrons. The Hall–Kier alpha value is -3.33. The summed E-state index contributed by atoms with van der Waals surface area (Å²) in [6.07, 6.45) is 0. The van der Waals surface area contributed by atoms with Crippen molar-refractivity contribution < 1.29 is 28.5 Å². The molecule has 0 radical (unpaired) electrons. The lowest BCUT2D eigenvalue weighted by atomic mass is 10.1. The lowest BCUT2D eigenvalue weighted by Gasteiger charge is -2.14. The van der Waals surface area contributed by atoms with Gasteiger partial charge in [0.2, 0.25) is 5.75 Å². The Labute approximate surface area is 171 Å². The number of hydrogen-bond acceptors (Lipinski definition) is 8. The van der Waals surface area contributed by atoms with E-state index in [0.29, 0.717) is 22.3 Å². The number of para-hydroxylation sites is 1. The first-order valence-electron chi connectivity index (χ1n) is 8.64. The van der Waals surface area contributed by atoms with Crippen LogP contribution in [-0.2, 0) is 16.1 Å². The van der Waals surface area contributed by atoms with Crippen LogP contribution in [0.4, 0.5) is 0 Å². The van der Waals surface area contributed by atoms with Crippen LogP contribution in [0.1, 0.15) is 15.4 Å². The van der Waals surface area contributed by atoms with Gasteiger partial charge in [0.1, 0.15) is 18.2 Å². The van der Waals surface area contributed by atoms with E-state index in [1.807, 2.05) is 24.3 Å². The minimum atomic E-state index is -0.565. The summed E-state index contributed by atoms with van der Waals surface area (Å²) in [5.74, 6) is 0.0267. The SMILES string of the molecule is COc1cc(C(=O)NCC(=O)OCc2nc3ccccc3s2)cc(OC)c1OC. The number of benzene rings is 2. The number of methoxy groups -OCH3 is 3. The fourth-order valence-electron chi connectivity index (χ4n) is 2.64. The van der Waals surface area contributed by atoms with Gasteiger partial charge in [0.25, 0.3) is 5.91 Å². The van der Waals surface area contributed by atoms with Crippen LogP contribution < -0.4 is 19.5 Å². The Morgan fingerprint density at radius 3 is 2.34 bits per heavy atom. The van der Waals surface area contributed by atoms with E-state index in [-0.39, 0.29) is 18.7 Å². The van der Waals surface area contributed by atoms with Crippen molar-refractivity contribution in [3.05, 3.63) is 47.0 Å². The molecule has 3 aromatic rings. The highest BCUT2D eigenvalue weighted by atomic mass is 32.1. The Morgan fingerprint density at radius 2 is 1.72 bits per heavy atom. The Morgan fingerprint density at radius 1 is 1.03 bits per heavy atom. The Bertz CT molecular complexity index is 975. The molecule has 1 N–H and O–H groups in total. The number of esters is 1. The lowest BCUT2D eigenvalue weighted by Crippen LogP contribution is -2.30. The molecule has 0 aliphatic rings. The zero-order chi connectivity index (χ0) is 20.8. The van der Waals surface area contributed by atoms with Crippen molar-refractivity contribution in [1.29, 1.82) is 0 Å². The van der Waals surface area contributed by atoms with Gasteiger partial charge in [-0.3, -0.25) is 9.59 Å². The first kappa shape index (κ1) is 20.4. The van der Waals surface area contributed by atoms with E-state index >= 15 is 0 Å². The van der Waals surface area contributed by atoms with E-state index in [1.54, 1.807) is 0 Å². The molecule has 9 heteroatoms.